The smallest absolute Gasteiger partial charge is 0.266 e. The van der Waals surface area contributed by atoms with Crippen LogP contribution in [0.1, 0.15) is 12.6 Å². The van der Waals surface area contributed by atoms with Crippen molar-refractivity contribution in [3.63, 3.8) is 0 Å². The molecule has 3 aromatic heterocycles. The van der Waals surface area contributed by atoms with Crippen LogP contribution in [-0.4, -0.2) is 24.5 Å². The number of fused-ring (bicyclic) bond motifs is 2. The first-order valence-electron chi connectivity index (χ1n) is 9.48. The molecule has 2 aromatic carbocycles. The van der Waals surface area contributed by atoms with Gasteiger partial charge in [0.2, 0.25) is 0 Å². The fourth-order valence-corrected chi connectivity index (χ4v) is 3.29. The molecule has 0 aliphatic heterocycles. The lowest BCUT2D eigenvalue weighted by atomic mass is 10.1. The van der Waals surface area contributed by atoms with Crippen LogP contribution in [0.15, 0.2) is 66.0 Å². The number of pyridine rings is 1. The van der Waals surface area contributed by atoms with Gasteiger partial charge < -0.3 is 10.7 Å². The molecule has 0 aliphatic carbocycles. The van der Waals surface area contributed by atoms with Crippen LogP contribution in [0, 0.1) is 11.6 Å². The summed E-state index contributed by atoms with van der Waals surface area (Å²) in [7, 11) is 0. The minimum atomic E-state index is -0.545. The van der Waals surface area contributed by atoms with Crippen molar-refractivity contribution in [1.82, 2.24) is 24.5 Å². The number of benzene rings is 2. The standard InChI is InChI=1S/C17H13F2NO.C5H5N5/c1-2-13-10-11-4-3-5-15(19)16(11)17(21)20(13)14-8-6-12(18)7-9-14;6-4-3-5(9-1-7-3)10-2-8-4/h3-10H,2H2,1H3;1-2H,(H3,6,7,8,9,10). The fourth-order valence-electron chi connectivity index (χ4n) is 3.29. The highest BCUT2D eigenvalue weighted by Gasteiger charge is 2.13. The van der Waals surface area contributed by atoms with E-state index in [0.29, 0.717) is 34.5 Å². The van der Waals surface area contributed by atoms with Crippen LogP contribution in [-0.2, 0) is 6.42 Å². The second-order valence-corrected chi connectivity index (χ2v) is 6.67. The number of nitrogen functional groups attached to an aromatic ring is 1. The van der Waals surface area contributed by atoms with Crippen molar-refractivity contribution < 1.29 is 8.78 Å². The highest BCUT2D eigenvalue weighted by Crippen LogP contribution is 2.19. The predicted octanol–water partition coefficient (Wildman–Crippen LogP) is 3.77. The van der Waals surface area contributed by atoms with Gasteiger partial charge >= 0.3 is 0 Å². The molecule has 31 heavy (non-hydrogen) atoms. The van der Waals surface area contributed by atoms with Gasteiger partial charge in [-0.1, -0.05) is 19.1 Å². The molecule has 0 unspecified atom stereocenters. The Kier molecular flexibility index (Phi) is 5.40. The van der Waals surface area contributed by atoms with E-state index in [0.717, 1.165) is 5.69 Å². The highest BCUT2D eigenvalue weighted by molar-refractivity contribution is 5.83. The van der Waals surface area contributed by atoms with Crippen LogP contribution in [0.3, 0.4) is 0 Å². The zero-order valence-electron chi connectivity index (χ0n) is 16.5. The first-order chi connectivity index (χ1) is 15.0. The number of nitrogens with one attached hydrogen (secondary N) is 1. The van der Waals surface area contributed by atoms with E-state index in [1.807, 2.05) is 6.92 Å². The number of nitrogens with zero attached hydrogens (tertiary/aromatic N) is 4. The average Bonchev–Trinajstić information content (AvgIpc) is 3.25. The maximum atomic E-state index is 14.0. The molecule has 156 valence electrons. The second kappa shape index (κ2) is 8.31. The number of nitrogens with two attached hydrogens (primary N) is 1. The monoisotopic (exact) mass is 420 g/mol. The third kappa shape index (κ3) is 3.85. The Morgan fingerprint density at radius 3 is 2.55 bits per heavy atom. The van der Waals surface area contributed by atoms with E-state index in [-0.39, 0.29) is 11.2 Å². The molecule has 0 radical (unpaired) electrons. The summed E-state index contributed by atoms with van der Waals surface area (Å²) in [4.78, 5) is 27.0. The molecule has 7 nitrogen and oxygen atoms in total. The van der Waals surface area contributed by atoms with Crippen molar-refractivity contribution in [2.45, 2.75) is 13.3 Å². The molecule has 3 N–H and O–H groups in total. The first-order valence-corrected chi connectivity index (χ1v) is 9.48. The van der Waals surface area contributed by atoms with Crippen molar-refractivity contribution in [2.75, 3.05) is 5.73 Å². The van der Waals surface area contributed by atoms with Crippen LogP contribution in [0.25, 0.3) is 27.6 Å². The SMILES string of the molecule is CCc1cc2cccc(F)c2c(=O)n1-c1ccc(F)cc1.Nc1ncnc2nc[nH]c12. The summed E-state index contributed by atoms with van der Waals surface area (Å²) in [6, 6.07) is 12.0. The number of aryl methyl sites for hydroxylation is 1. The molecular weight excluding hydrogens is 402 g/mol. The normalized spacial score (nSPS) is 10.8. The third-order valence-electron chi connectivity index (χ3n) is 4.77. The Labute approximate surface area is 175 Å². The molecule has 0 saturated carbocycles. The van der Waals surface area contributed by atoms with Crippen molar-refractivity contribution in [1.29, 1.82) is 0 Å². The lowest BCUT2D eigenvalue weighted by Gasteiger charge is -2.13. The number of anilines is 1. The number of aromatic amines is 1. The van der Waals surface area contributed by atoms with Gasteiger partial charge in [0.15, 0.2) is 11.5 Å². The molecule has 0 fully saturated rings. The fraction of sp³-hybridized carbons (Fsp3) is 0.0909. The molecule has 0 spiro atoms. The van der Waals surface area contributed by atoms with E-state index in [1.165, 1.54) is 47.6 Å². The lowest BCUT2D eigenvalue weighted by Crippen LogP contribution is -2.22. The number of H-pyrrole nitrogens is 1. The van der Waals surface area contributed by atoms with Gasteiger partial charge in [-0.3, -0.25) is 9.36 Å². The summed E-state index contributed by atoms with van der Waals surface area (Å²) in [6.45, 7) is 1.92. The lowest BCUT2D eigenvalue weighted by molar-refractivity contribution is 0.627. The van der Waals surface area contributed by atoms with Crippen molar-refractivity contribution in [2.24, 2.45) is 0 Å². The Morgan fingerprint density at radius 2 is 1.84 bits per heavy atom. The van der Waals surface area contributed by atoms with E-state index in [4.69, 9.17) is 5.73 Å². The number of imidazole rings is 1. The Balaban J connectivity index is 0.000000192. The zero-order valence-corrected chi connectivity index (χ0v) is 16.5. The minimum Gasteiger partial charge on any atom is -0.382 e. The first kappa shape index (κ1) is 20.1. The zero-order chi connectivity index (χ0) is 22.0. The van der Waals surface area contributed by atoms with E-state index in [9.17, 15) is 13.6 Å². The Bertz CT molecular complexity index is 1430. The molecular formula is C22H18F2N6O. The van der Waals surface area contributed by atoms with Crippen molar-refractivity contribution in [3.8, 4) is 5.69 Å². The second-order valence-electron chi connectivity index (χ2n) is 6.67. The number of hydrogen-bond donors (Lipinski definition) is 2. The molecule has 5 aromatic rings. The van der Waals surface area contributed by atoms with Gasteiger partial charge in [-0.2, -0.15) is 0 Å². The summed E-state index contributed by atoms with van der Waals surface area (Å²) < 4.78 is 28.5. The van der Waals surface area contributed by atoms with Gasteiger partial charge in [0.1, 0.15) is 23.5 Å². The minimum absolute atomic E-state index is 0.0547. The average molecular weight is 420 g/mol. The molecule has 0 atom stereocenters. The number of halogens is 2. The summed E-state index contributed by atoms with van der Waals surface area (Å²) >= 11 is 0. The molecule has 0 aliphatic rings. The summed E-state index contributed by atoms with van der Waals surface area (Å²) in [5, 5.41) is 0.634. The van der Waals surface area contributed by atoms with Crippen molar-refractivity contribution >= 4 is 27.8 Å². The van der Waals surface area contributed by atoms with Crippen LogP contribution in [0.4, 0.5) is 14.6 Å². The molecule has 9 heteroatoms. The van der Waals surface area contributed by atoms with Crippen molar-refractivity contribution in [3.05, 3.63) is 88.9 Å². The van der Waals surface area contributed by atoms with Crippen LogP contribution in [0.2, 0.25) is 0 Å². The Hall–Kier alpha value is -4.14. The van der Waals surface area contributed by atoms with Gasteiger partial charge in [-0.15, -0.1) is 0 Å². The maximum Gasteiger partial charge on any atom is 0.266 e. The summed E-state index contributed by atoms with van der Waals surface area (Å²) in [5.74, 6) is -0.490. The van der Waals surface area contributed by atoms with E-state index >= 15 is 0 Å². The van der Waals surface area contributed by atoms with Gasteiger partial charge in [-0.25, -0.2) is 23.7 Å². The maximum absolute atomic E-state index is 14.0. The number of rotatable bonds is 2. The summed E-state index contributed by atoms with van der Waals surface area (Å²) in [6.07, 6.45) is 3.54. The molecule has 5 rings (SSSR count). The molecule has 0 saturated heterocycles. The highest BCUT2D eigenvalue weighted by atomic mass is 19.1. The predicted molar refractivity (Wildman–Crippen MR) is 115 cm³/mol. The van der Waals surface area contributed by atoms with Gasteiger partial charge in [0, 0.05) is 11.4 Å². The van der Waals surface area contributed by atoms with E-state index in [2.05, 4.69) is 19.9 Å². The topological polar surface area (TPSA) is 102 Å². The molecule has 3 heterocycles. The third-order valence-corrected chi connectivity index (χ3v) is 4.77. The van der Waals surface area contributed by atoms with Gasteiger partial charge in [-0.05, 0) is 48.2 Å². The Morgan fingerprint density at radius 1 is 1.06 bits per heavy atom. The van der Waals surface area contributed by atoms with E-state index in [1.54, 1.807) is 18.2 Å². The number of hydrogen-bond acceptors (Lipinski definition) is 5. The summed E-state index contributed by atoms with van der Waals surface area (Å²) in [5.41, 5.74) is 7.64. The largest absolute Gasteiger partial charge is 0.382 e. The van der Waals surface area contributed by atoms with Crippen LogP contribution < -0.4 is 11.3 Å². The van der Waals surface area contributed by atoms with E-state index < -0.39 is 11.4 Å². The van der Waals surface area contributed by atoms with Gasteiger partial charge in [0.25, 0.3) is 5.56 Å². The van der Waals surface area contributed by atoms with Crippen LogP contribution >= 0.6 is 0 Å². The molecule has 0 amide bonds. The molecule has 0 bridgehead atoms. The quantitative estimate of drug-likeness (QED) is 0.453. The van der Waals surface area contributed by atoms with Gasteiger partial charge in [0.05, 0.1) is 11.7 Å². The van der Waals surface area contributed by atoms with Crippen LogP contribution in [0.5, 0.6) is 0 Å². The number of aromatic nitrogens is 5.